The van der Waals surface area contributed by atoms with Gasteiger partial charge in [-0.25, -0.2) is 0 Å². The fourth-order valence-electron chi connectivity index (χ4n) is 3.77. The highest BCUT2D eigenvalue weighted by Gasteiger charge is 2.17. The summed E-state index contributed by atoms with van der Waals surface area (Å²) in [6.07, 6.45) is 8.44. The fourth-order valence-corrected chi connectivity index (χ4v) is 3.77. The van der Waals surface area contributed by atoms with E-state index in [4.69, 9.17) is 0 Å². The zero-order valence-electron chi connectivity index (χ0n) is 14.4. The van der Waals surface area contributed by atoms with Gasteiger partial charge in [-0.3, -0.25) is 9.59 Å². The third-order valence-electron chi connectivity index (χ3n) is 5.22. The summed E-state index contributed by atoms with van der Waals surface area (Å²) in [5.41, 5.74) is 3.37. The first-order chi connectivity index (χ1) is 11.7. The van der Waals surface area contributed by atoms with Crippen molar-refractivity contribution in [3.63, 3.8) is 0 Å². The van der Waals surface area contributed by atoms with Gasteiger partial charge in [0.15, 0.2) is 5.78 Å². The molecule has 130 valence electrons. The van der Waals surface area contributed by atoms with Crippen LogP contribution >= 0.6 is 0 Å². The van der Waals surface area contributed by atoms with Crippen LogP contribution in [0.25, 0.3) is 0 Å². The molecule has 1 aliphatic heterocycles. The highest BCUT2D eigenvalue weighted by molar-refractivity contribution is 5.98. The van der Waals surface area contributed by atoms with Crippen molar-refractivity contribution in [2.24, 2.45) is 0 Å². The predicted octanol–water partition coefficient (Wildman–Crippen LogP) is 2.79. The lowest BCUT2D eigenvalue weighted by Gasteiger charge is -2.22. The molecule has 0 unspecified atom stereocenters. The van der Waals surface area contributed by atoms with Crippen molar-refractivity contribution < 1.29 is 9.59 Å². The Kier molecular flexibility index (Phi) is 6.02. The number of Topliss-reactive ketones (excluding diaryl/α,β-unsaturated/α-hetero) is 1. The minimum atomic E-state index is 0.0224. The number of carbonyl (C=O) groups is 2. The number of amides is 1. The first-order valence-electron chi connectivity index (χ1n) is 9.37. The minimum absolute atomic E-state index is 0.0224. The molecule has 1 saturated carbocycles. The van der Waals surface area contributed by atoms with Gasteiger partial charge in [-0.1, -0.05) is 31.4 Å². The summed E-state index contributed by atoms with van der Waals surface area (Å²) in [7, 11) is 0. The van der Waals surface area contributed by atoms with E-state index in [1.54, 1.807) is 0 Å². The molecule has 1 amide bonds. The molecule has 1 heterocycles. The van der Waals surface area contributed by atoms with Gasteiger partial charge in [-0.05, 0) is 56.0 Å². The van der Waals surface area contributed by atoms with Crippen molar-refractivity contribution >= 4 is 11.7 Å². The van der Waals surface area contributed by atoms with Gasteiger partial charge in [0.2, 0.25) is 5.91 Å². The van der Waals surface area contributed by atoms with E-state index in [-0.39, 0.29) is 11.7 Å². The monoisotopic (exact) mass is 328 g/mol. The highest BCUT2D eigenvalue weighted by atomic mass is 16.2. The van der Waals surface area contributed by atoms with Crippen LogP contribution in [-0.4, -0.2) is 30.8 Å². The summed E-state index contributed by atoms with van der Waals surface area (Å²) in [5.74, 6) is 0.100. The number of ketones is 1. The van der Waals surface area contributed by atoms with Crippen molar-refractivity contribution in [3.05, 3.63) is 34.9 Å². The smallest absolute Gasteiger partial charge is 0.220 e. The first kappa shape index (κ1) is 17.2. The molecule has 0 aromatic heterocycles. The molecule has 24 heavy (non-hydrogen) atoms. The minimum Gasteiger partial charge on any atom is -0.353 e. The topological polar surface area (TPSA) is 58.2 Å². The third kappa shape index (κ3) is 4.67. The Morgan fingerprint density at radius 2 is 1.75 bits per heavy atom. The summed E-state index contributed by atoms with van der Waals surface area (Å²) in [4.78, 5) is 24.5. The maximum atomic E-state index is 12.4. The second kappa shape index (κ2) is 8.43. The van der Waals surface area contributed by atoms with Crippen molar-refractivity contribution in [3.8, 4) is 0 Å². The van der Waals surface area contributed by atoms with E-state index in [0.717, 1.165) is 44.3 Å². The lowest BCUT2D eigenvalue weighted by Crippen LogP contribution is -2.36. The van der Waals surface area contributed by atoms with E-state index < -0.39 is 0 Å². The third-order valence-corrected chi connectivity index (χ3v) is 5.22. The number of hydrogen-bond donors (Lipinski definition) is 2. The van der Waals surface area contributed by atoms with E-state index in [0.29, 0.717) is 18.9 Å². The van der Waals surface area contributed by atoms with Gasteiger partial charge in [0.1, 0.15) is 0 Å². The van der Waals surface area contributed by atoms with Gasteiger partial charge < -0.3 is 10.6 Å². The molecular weight excluding hydrogens is 300 g/mol. The summed E-state index contributed by atoms with van der Waals surface area (Å²) in [6, 6.07) is 6.36. The molecule has 0 saturated heterocycles. The van der Waals surface area contributed by atoms with Gasteiger partial charge in [-0.15, -0.1) is 0 Å². The fraction of sp³-hybridized carbons (Fsp3) is 0.600. The molecule has 0 atom stereocenters. The van der Waals surface area contributed by atoms with E-state index in [1.807, 2.05) is 12.1 Å². The summed E-state index contributed by atoms with van der Waals surface area (Å²) in [5, 5.41) is 6.47. The molecule has 1 fully saturated rings. The Morgan fingerprint density at radius 1 is 1.00 bits per heavy atom. The molecule has 0 radical (unpaired) electrons. The second-order valence-corrected chi connectivity index (χ2v) is 7.06. The average Bonchev–Trinajstić information content (AvgIpc) is 2.85. The van der Waals surface area contributed by atoms with Crippen molar-refractivity contribution in [1.29, 1.82) is 0 Å². The van der Waals surface area contributed by atoms with Crippen LogP contribution in [0.4, 0.5) is 0 Å². The Morgan fingerprint density at radius 3 is 2.54 bits per heavy atom. The zero-order valence-corrected chi connectivity index (χ0v) is 14.4. The molecule has 1 aromatic carbocycles. The van der Waals surface area contributed by atoms with Crippen LogP contribution in [0.15, 0.2) is 18.2 Å². The van der Waals surface area contributed by atoms with Gasteiger partial charge in [0.25, 0.3) is 0 Å². The van der Waals surface area contributed by atoms with Gasteiger partial charge in [0.05, 0.1) is 0 Å². The van der Waals surface area contributed by atoms with E-state index in [2.05, 4.69) is 16.7 Å². The Labute approximate surface area is 144 Å². The molecule has 1 aliphatic carbocycles. The van der Waals surface area contributed by atoms with E-state index in [1.165, 1.54) is 30.4 Å². The molecule has 2 aliphatic rings. The standard InChI is InChI=1S/C20H28N2O2/c23-19(8-9-20(24)22-18-4-2-1-3-5-18)17-7-6-15-10-12-21-13-11-16(15)14-17/h6-7,14,18,21H,1-5,8-13H2,(H,22,24). The van der Waals surface area contributed by atoms with E-state index >= 15 is 0 Å². The largest absolute Gasteiger partial charge is 0.353 e. The number of rotatable bonds is 5. The molecule has 4 nitrogen and oxygen atoms in total. The molecule has 1 aromatic rings. The number of hydrogen-bond acceptors (Lipinski definition) is 3. The van der Waals surface area contributed by atoms with Crippen LogP contribution in [0.5, 0.6) is 0 Å². The normalized spacial score (nSPS) is 18.5. The lowest BCUT2D eigenvalue weighted by atomic mass is 9.95. The summed E-state index contributed by atoms with van der Waals surface area (Å²) >= 11 is 0. The second-order valence-electron chi connectivity index (χ2n) is 7.06. The van der Waals surface area contributed by atoms with Crippen molar-refractivity contribution in [1.82, 2.24) is 10.6 Å². The van der Waals surface area contributed by atoms with Gasteiger partial charge in [-0.2, -0.15) is 0 Å². The van der Waals surface area contributed by atoms with Crippen LogP contribution in [-0.2, 0) is 17.6 Å². The Bertz CT molecular complexity index is 591. The van der Waals surface area contributed by atoms with Crippen LogP contribution in [0.1, 0.15) is 66.4 Å². The van der Waals surface area contributed by atoms with Crippen LogP contribution in [0, 0.1) is 0 Å². The maximum absolute atomic E-state index is 12.4. The Hall–Kier alpha value is -1.68. The van der Waals surface area contributed by atoms with Crippen LogP contribution in [0.3, 0.4) is 0 Å². The number of fused-ring (bicyclic) bond motifs is 1. The highest BCUT2D eigenvalue weighted by Crippen LogP contribution is 2.19. The van der Waals surface area contributed by atoms with Crippen molar-refractivity contribution in [2.75, 3.05) is 13.1 Å². The summed E-state index contributed by atoms with van der Waals surface area (Å²) in [6.45, 7) is 1.97. The molecule has 4 heteroatoms. The number of carbonyl (C=O) groups excluding carboxylic acids is 2. The van der Waals surface area contributed by atoms with E-state index in [9.17, 15) is 9.59 Å². The molecule has 0 spiro atoms. The number of benzene rings is 1. The van der Waals surface area contributed by atoms with Crippen LogP contribution in [0.2, 0.25) is 0 Å². The zero-order chi connectivity index (χ0) is 16.8. The van der Waals surface area contributed by atoms with Crippen LogP contribution < -0.4 is 10.6 Å². The average molecular weight is 328 g/mol. The predicted molar refractivity (Wildman–Crippen MR) is 95.3 cm³/mol. The maximum Gasteiger partial charge on any atom is 0.220 e. The lowest BCUT2D eigenvalue weighted by molar-refractivity contribution is -0.121. The first-order valence-corrected chi connectivity index (χ1v) is 9.37. The molecular formula is C20H28N2O2. The van der Waals surface area contributed by atoms with Gasteiger partial charge in [0, 0.05) is 24.4 Å². The molecule has 3 rings (SSSR count). The molecule has 2 N–H and O–H groups in total. The van der Waals surface area contributed by atoms with Crippen molar-refractivity contribution in [2.45, 2.75) is 63.8 Å². The number of nitrogens with one attached hydrogen (secondary N) is 2. The molecule has 0 bridgehead atoms. The quantitative estimate of drug-likeness (QED) is 0.817. The Balaban J connectivity index is 1.51. The van der Waals surface area contributed by atoms with Gasteiger partial charge >= 0.3 is 0 Å². The SMILES string of the molecule is O=C(CCC(=O)c1ccc2c(c1)CCNCC2)NC1CCCCC1. The summed E-state index contributed by atoms with van der Waals surface area (Å²) < 4.78 is 0.